The monoisotopic (exact) mass is 340 g/mol. The predicted octanol–water partition coefficient (Wildman–Crippen LogP) is 3.70. The SMILES string of the molecule is CN=C(c1ccc(Cl)cc1)c1cc(OC)ccc1-n1cnnc1C. The van der Waals surface area contributed by atoms with Gasteiger partial charge in [0, 0.05) is 23.2 Å². The summed E-state index contributed by atoms with van der Waals surface area (Å²) in [5.74, 6) is 1.56. The molecule has 0 saturated carbocycles. The van der Waals surface area contributed by atoms with Gasteiger partial charge in [0.15, 0.2) is 0 Å². The summed E-state index contributed by atoms with van der Waals surface area (Å²) in [7, 11) is 3.42. The summed E-state index contributed by atoms with van der Waals surface area (Å²) < 4.78 is 7.32. The van der Waals surface area contributed by atoms with Crippen molar-refractivity contribution >= 4 is 17.3 Å². The molecule has 1 aromatic heterocycles. The van der Waals surface area contributed by atoms with Gasteiger partial charge in [-0.1, -0.05) is 23.7 Å². The summed E-state index contributed by atoms with van der Waals surface area (Å²) >= 11 is 6.01. The summed E-state index contributed by atoms with van der Waals surface area (Å²) in [6, 6.07) is 13.5. The normalized spacial score (nSPS) is 11.6. The molecular formula is C18H17ClN4O. The van der Waals surface area contributed by atoms with E-state index < -0.39 is 0 Å². The van der Waals surface area contributed by atoms with Crippen LogP contribution in [0, 0.1) is 6.92 Å². The van der Waals surface area contributed by atoms with Crippen molar-refractivity contribution in [2.75, 3.05) is 14.2 Å². The van der Waals surface area contributed by atoms with E-state index in [2.05, 4.69) is 15.2 Å². The molecule has 0 unspecified atom stereocenters. The molecule has 0 spiro atoms. The summed E-state index contributed by atoms with van der Waals surface area (Å²) in [6.45, 7) is 1.91. The van der Waals surface area contributed by atoms with Crippen LogP contribution in [0.3, 0.4) is 0 Å². The van der Waals surface area contributed by atoms with Crippen LogP contribution in [0.25, 0.3) is 5.69 Å². The maximum Gasteiger partial charge on any atom is 0.134 e. The largest absolute Gasteiger partial charge is 0.497 e. The second-order valence-corrected chi connectivity index (χ2v) is 5.65. The number of nitrogens with zero attached hydrogens (tertiary/aromatic N) is 4. The Labute approximate surface area is 145 Å². The Bertz CT molecular complexity index is 884. The molecule has 0 fully saturated rings. The molecule has 0 aliphatic carbocycles. The number of aliphatic imine (C=N–C) groups is 1. The van der Waals surface area contributed by atoms with E-state index in [1.807, 2.05) is 54.0 Å². The van der Waals surface area contributed by atoms with E-state index in [0.717, 1.165) is 34.1 Å². The van der Waals surface area contributed by atoms with Gasteiger partial charge in [-0.15, -0.1) is 10.2 Å². The van der Waals surface area contributed by atoms with Gasteiger partial charge in [-0.2, -0.15) is 0 Å². The molecule has 3 rings (SSSR count). The second-order valence-electron chi connectivity index (χ2n) is 5.21. The molecule has 1 heterocycles. The van der Waals surface area contributed by atoms with Crippen LogP contribution in [0.15, 0.2) is 53.8 Å². The van der Waals surface area contributed by atoms with E-state index in [-0.39, 0.29) is 0 Å². The summed E-state index contributed by atoms with van der Waals surface area (Å²) in [4.78, 5) is 4.50. The molecule has 0 aliphatic heterocycles. The minimum absolute atomic E-state index is 0.690. The minimum atomic E-state index is 0.690. The quantitative estimate of drug-likeness (QED) is 0.680. The first-order valence-electron chi connectivity index (χ1n) is 7.42. The molecule has 5 nitrogen and oxygen atoms in total. The number of rotatable bonds is 4. The third kappa shape index (κ3) is 3.03. The van der Waals surface area contributed by atoms with Crippen LogP contribution in [-0.4, -0.2) is 34.6 Å². The molecule has 0 aliphatic rings. The maximum atomic E-state index is 6.01. The van der Waals surface area contributed by atoms with Gasteiger partial charge in [0.25, 0.3) is 0 Å². The number of hydrogen-bond donors (Lipinski definition) is 0. The van der Waals surface area contributed by atoms with Gasteiger partial charge in [0.1, 0.15) is 17.9 Å². The highest BCUT2D eigenvalue weighted by Gasteiger charge is 2.15. The Hall–Kier alpha value is -2.66. The number of ether oxygens (including phenoxy) is 1. The Morgan fingerprint density at radius 3 is 2.50 bits per heavy atom. The fourth-order valence-corrected chi connectivity index (χ4v) is 2.71. The summed E-state index contributed by atoms with van der Waals surface area (Å²) in [5, 5.41) is 8.74. The van der Waals surface area contributed by atoms with Crippen molar-refractivity contribution in [3.63, 3.8) is 0 Å². The van der Waals surface area contributed by atoms with Gasteiger partial charge < -0.3 is 4.74 Å². The van der Waals surface area contributed by atoms with Gasteiger partial charge in [0.05, 0.1) is 18.5 Å². The predicted molar refractivity (Wildman–Crippen MR) is 95.7 cm³/mol. The first-order chi connectivity index (χ1) is 11.6. The highest BCUT2D eigenvalue weighted by atomic mass is 35.5. The molecular weight excluding hydrogens is 324 g/mol. The Kier molecular flexibility index (Phi) is 4.62. The van der Waals surface area contributed by atoms with E-state index in [1.54, 1.807) is 20.5 Å². The van der Waals surface area contributed by atoms with Crippen LogP contribution in [-0.2, 0) is 0 Å². The van der Waals surface area contributed by atoms with Crippen molar-refractivity contribution in [2.45, 2.75) is 6.92 Å². The second kappa shape index (κ2) is 6.84. The fraction of sp³-hybridized carbons (Fsp3) is 0.167. The van der Waals surface area contributed by atoms with Crippen molar-refractivity contribution in [3.05, 3.63) is 70.8 Å². The topological polar surface area (TPSA) is 52.3 Å². The van der Waals surface area contributed by atoms with Gasteiger partial charge in [-0.3, -0.25) is 9.56 Å². The molecule has 0 atom stereocenters. The van der Waals surface area contributed by atoms with Crippen LogP contribution in [0.4, 0.5) is 0 Å². The molecule has 0 N–H and O–H groups in total. The van der Waals surface area contributed by atoms with E-state index in [4.69, 9.17) is 16.3 Å². The van der Waals surface area contributed by atoms with Crippen molar-refractivity contribution in [2.24, 2.45) is 4.99 Å². The smallest absolute Gasteiger partial charge is 0.134 e. The van der Waals surface area contributed by atoms with Crippen molar-refractivity contribution in [1.29, 1.82) is 0 Å². The molecule has 0 radical (unpaired) electrons. The van der Waals surface area contributed by atoms with Gasteiger partial charge in [-0.25, -0.2) is 0 Å². The average Bonchev–Trinajstić information content (AvgIpc) is 3.03. The maximum absolute atomic E-state index is 6.01. The lowest BCUT2D eigenvalue weighted by Crippen LogP contribution is -2.10. The fourth-order valence-electron chi connectivity index (χ4n) is 2.58. The Morgan fingerprint density at radius 1 is 1.17 bits per heavy atom. The average molecular weight is 341 g/mol. The van der Waals surface area contributed by atoms with Gasteiger partial charge in [0.2, 0.25) is 0 Å². The van der Waals surface area contributed by atoms with E-state index in [9.17, 15) is 0 Å². The zero-order valence-electron chi connectivity index (χ0n) is 13.7. The zero-order chi connectivity index (χ0) is 17.1. The third-order valence-electron chi connectivity index (χ3n) is 3.78. The third-order valence-corrected chi connectivity index (χ3v) is 4.03. The first kappa shape index (κ1) is 16.2. The van der Waals surface area contributed by atoms with Crippen LogP contribution in [0.2, 0.25) is 5.02 Å². The summed E-state index contributed by atoms with van der Waals surface area (Å²) in [6.07, 6.45) is 1.69. The van der Waals surface area contributed by atoms with E-state index in [1.165, 1.54) is 0 Å². The molecule has 0 amide bonds. The minimum Gasteiger partial charge on any atom is -0.497 e. The number of halogens is 1. The molecule has 6 heteroatoms. The standard InChI is InChI=1S/C18H17ClN4O/c1-12-22-21-11-23(12)17-9-8-15(24-3)10-16(17)18(20-2)13-4-6-14(19)7-5-13/h4-11H,1-3H3. The van der Waals surface area contributed by atoms with Gasteiger partial charge in [-0.05, 0) is 37.3 Å². The van der Waals surface area contributed by atoms with Crippen LogP contribution in [0.5, 0.6) is 5.75 Å². The number of aromatic nitrogens is 3. The molecule has 0 saturated heterocycles. The highest BCUT2D eigenvalue weighted by Crippen LogP contribution is 2.25. The Morgan fingerprint density at radius 2 is 1.92 bits per heavy atom. The number of benzene rings is 2. The number of aryl methyl sites for hydroxylation is 1. The molecule has 0 bridgehead atoms. The molecule has 3 aromatic rings. The van der Waals surface area contributed by atoms with E-state index >= 15 is 0 Å². The van der Waals surface area contributed by atoms with Crippen molar-refractivity contribution in [1.82, 2.24) is 14.8 Å². The molecule has 122 valence electrons. The number of methoxy groups -OCH3 is 1. The number of hydrogen-bond acceptors (Lipinski definition) is 4. The van der Waals surface area contributed by atoms with Gasteiger partial charge >= 0.3 is 0 Å². The van der Waals surface area contributed by atoms with Crippen LogP contribution < -0.4 is 4.74 Å². The lowest BCUT2D eigenvalue weighted by Gasteiger charge is -2.15. The van der Waals surface area contributed by atoms with Crippen LogP contribution >= 0.6 is 11.6 Å². The zero-order valence-corrected chi connectivity index (χ0v) is 14.4. The lowest BCUT2D eigenvalue weighted by atomic mass is 10.00. The Balaban J connectivity index is 2.20. The molecule has 2 aromatic carbocycles. The van der Waals surface area contributed by atoms with Crippen molar-refractivity contribution in [3.8, 4) is 11.4 Å². The summed E-state index contributed by atoms with van der Waals surface area (Å²) in [5.41, 5.74) is 3.69. The highest BCUT2D eigenvalue weighted by molar-refractivity contribution is 6.30. The van der Waals surface area contributed by atoms with Crippen LogP contribution in [0.1, 0.15) is 17.0 Å². The van der Waals surface area contributed by atoms with Crippen molar-refractivity contribution < 1.29 is 4.74 Å². The van der Waals surface area contributed by atoms with E-state index in [0.29, 0.717) is 5.02 Å². The molecule has 24 heavy (non-hydrogen) atoms. The first-order valence-corrected chi connectivity index (χ1v) is 7.80. The lowest BCUT2D eigenvalue weighted by molar-refractivity contribution is 0.414.